The van der Waals surface area contributed by atoms with Crippen LogP contribution in [-0.2, 0) is 4.79 Å². The summed E-state index contributed by atoms with van der Waals surface area (Å²) in [6.07, 6.45) is 0. The summed E-state index contributed by atoms with van der Waals surface area (Å²) in [5.41, 5.74) is 3.16. The third kappa shape index (κ3) is 5.17. The van der Waals surface area contributed by atoms with Gasteiger partial charge in [0.2, 0.25) is 0 Å². The lowest BCUT2D eigenvalue weighted by Crippen LogP contribution is -2.26. The molecule has 8 nitrogen and oxygen atoms in total. The Hall–Kier alpha value is -5.89. The Bertz CT molecular complexity index is 1970. The zero-order valence-corrected chi connectivity index (χ0v) is 23.4. The van der Waals surface area contributed by atoms with E-state index in [9.17, 15) is 14.4 Å². The third-order valence-corrected chi connectivity index (χ3v) is 7.08. The first kappa shape index (κ1) is 27.3. The number of nitrogens with one attached hydrogen (secondary N) is 1. The first-order valence-electron chi connectivity index (χ1n) is 13.6. The summed E-state index contributed by atoms with van der Waals surface area (Å²) in [5.74, 6) is -1.61. The molecule has 1 amide bonds. The fraction of sp³-hybridized carbons (Fsp3) is 0.0571. The van der Waals surface area contributed by atoms with Crippen LogP contribution in [0.4, 0.5) is 5.69 Å². The van der Waals surface area contributed by atoms with Crippen LogP contribution < -0.4 is 10.1 Å². The molecular formula is C35H26N4O4. The van der Waals surface area contributed by atoms with Gasteiger partial charge in [0.1, 0.15) is 5.75 Å². The van der Waals surface area contributed by atoms with Gasteiger partial charge in [0.05, 0.1) is 35.1 Å². The molecule has 1 N–H and O–H groups in total. The smallest absolute Gasteiger partial charge is 0.296 e. The zero-order valence-electron chi connectivity index (χ0n) is 23.4. The van der Waals surface area contributed by atoms with Crippen molar-refractivity contribution in [2.45, 2.75) is 6.92 Å². The molecule has 0 atom stereocenters. The van der Waals surface area contributed by atoms with Crippen molar-refractivity contribution in [3.8, 4) is 22.7 Å². The van der Waals surface area contributed by atoms with Crippen LogP contribution in [0.1, 0.15) is 32.0 Å². The van der Waals surface area contributed by atoms with Gasteiger partial charge in [-0.25, -0.2) is 9.67 Å². The molecule has 0 fully saturated rings. The van der Waals surface area contributed by atoms with Gasteiger partial charge >= 0.3 is 0 Å². The number of aryl methyl sites for hydroxylation is 1. The van der Waals surface area contributed by atoms with Gasteiger partial charge in [-0.2, -0.15) is 5.10 Å². The Morgan fingerprint density at radius 3 is 1.98 bits per heavy atom. The Morgan fingerprint density at radius 2 is 1.35 bits per heavy atom. The molecule has 8 heteroatoms. The van der Waals surface area contributed by atoms with E-state index in [2.05, 4.69) is 5.32 Å². The standard InChI is InChI=1S/C35H26N4O4/c1-22-28-29(32(40)24-14-8-4-9-15-24)30(33(41)35(42)36-25-18-20-27(43-2)21-19-25)31(23-12-6-3-7-13-23)37-34(28)39(38-22)26-16-10-5-11-17-26/h3-21H,1-2H3,(H,36,42). The molecule has 6 aromatic rings. The van der Waals surface area contributed by atoms with Crippen molar-refractivity contribution in [2.75, 3.05) is 12.4 Å². The second kappa shape index (κ2) is 11.5. The van der Waals surface area contributed by atoms with Crippen LogP contribution in [0.5, 0.6) is 5.75 Å². The molecule has 43 heavy (non-hydrogen) atoms. The summed E-state index contributed by atoms with van der Waals surface area (Å²) in [5, 5.41) is 7.81. The van der Waals surface area contributed by atoms with Crippen LogP contribution in [0, 0.1) is 6.92 Å². The first-order valence-corrected chi connectivity index (χ1v) is 13.6. The maximum atomic E-state index is 14.4. The fourth-order valence-corrected chi connectivity index (χ4v) is 5.03. The molecule has 2 aromatic heterocycles. The highest BCUT2D eigenvalue weighted by molar-refractivity contribution is 6.49. The minimum atomic E-state index is -0.904. The lowest BCUT2D eigenvalue weighted by molar-refractivity contribution is -0.112. The van der Waals surface area contributed by atoms with Crippen LogP contribution in [0.2, 0.25) is 0 Å². The summed E-state index contributed by atoms with van der Waals surface area (Å²) < 4.78 is 6.85. The number of fused-ring (bicyclic) bond motifs is 1. The molecule has 0 spiro atoms. The van der Waals surface area contributed by atoms with Gasteiger partial charge in [0, 0.05) is 22.4 Å². The van der Waals surface area contributed by atoms with Crippen LogP contribution in [-0.4, -0.2) is 39.3 Å². The predicted octanol–water partition coefficient (Wildman–Crippen LogP) is 6.46. The number of carbonyl (C=O) groups excluding carboxylic acids is 3. The van der Waals surface area contributed by atoms with E-state index in [4.69, 9.17) is 14.8 Å². The van der Waals surface area contributed by atoms with Crippen molar-refractivity contribution >= 4 is 34.2 Å². The molecule has 0 saturated heterocycles. The summed E-state index contributed by atoms with van der Waals surface area (Å²) >= 11 is 0. The fourth-order valence-electron chi connectivity index (χ4n) is 5.03. The SMILES string of the molecule is COc1ccc(NC(=O)C(=O)c2c(-c3ccccc3)nc3c(c(C)nn3-c3ccccc3)c2C(=O)c2ccccc2)cc1. The topological polar surface area (TPSA) is 103 Å². The molecule has 0 aliphatic rings. The van der Waals surface area contributed by atoms with Gasteiger partial charge in [-0.3, -0.25) is 14.4 Å². The number of carbonyl (C=O) groups is 3. The quantitative estimate of drug-likeness (QED) is 0.168. The Kier molecular flexibility index (Phi) is 7.32. The number of anilines is 1. The molecule has 0 aliphatic heterocycles. The van der Waals surface area contributed by atoms with Gasteiger partial charge in [-0.15, -0.1) is 0 Å². The summed E-state index contributed by atoms with van der Waals surface area (Å²) in [7, 11) is 1.54. The minimum absolute atomic E-state index is 0.0737. The molecule has 0 unspecified atom stereocenters. The van der Waals surface area contributed by atoms with Gasteiger partial charge < -0.3 is 10.1 Å². The number of benzene rings is 4. The maximum Gasteiger partial charge on any atom is 0.296 e. The highest BCUT2D eigenvalue weighted by Gasteiger charge is 2.33. The second-order valence-electron chi connectivity index (χ2n) is 9.81. The van der Waals surface area contributed by atoms with Crippen LogP contribution in [0.25, 0.3) is 28.0 Å². The largest absolute Gasteiger partial charge is 0.497 e. The molecule has 0 saturated carbocycles. The lowest BCUT2D eigenvalue weighted by Gasteiger charge is -2.16. The number of Topliss-reactive ketones (excluding diaryl/α,β-unsaturated/α-hetero) is 1. The van der Waals surface area contributed by atoms with E-state index in [1.807, 2.05) is 48.5 Å². The van der Waals surface area contributed by atoms with Crippen molar-refractivity contribution in [2.24, 2.45) is 0 Å². The van der Waals surface area contributed by atoms with E-state index >= 15 is 0 Å². The third-order valence-electron chi connectivity index (χ3n) is 7.08. The van der Waals surface area contributed by atoms with E-state index in [1.54, 1.807) is 85.4 Å². The lowest BCUT2D eigenvalue weighted by atomic mass is 9.89. The highest BCUT2D eigenvalue weighted by atomic mass is 16.5. The summed E-state index contributed by atoms with van der Waals surface area (Å²) in [6.45, 7) is 1.76. The molecule has 4 aromatic carbocycles. The first-order chi connectivity index (χ1) is 21.0. The van der Waals surface area contributed by atoms with Gasteiger partial charge in [0.15, 0.2) is 11.4 Å². The number of hydrogen-bond donors (Lipinski definition) is 1. The van der Waals surface area contributed by atoms with Crippen LogP contribution >= 0.6 is 0 Å². The second-order valence-corrected chi connectivity index (χ2v) is 9.81. The maximum absolute atomic E-state index is 14.4. The van der Waals surface area contributed by atoms with Crippen molar-refractivity contribution in [1.29, 1.82) is 0 Å². The van der Waals surface area contributed by atoms with E-state index < -0.39 is 17.5 Å². The van der Waals surface area contributed by atoms with Gasteiger partial charge in [0.25, 0.3) is 11.7 Å². The highest BCUT2D eigenvalue weighted by Crippen LogP contribution is 2.35. The molecule has 210 valence electrons. The minimum Gasteiger partial charge on any atom is -0.497 e. The Morgan fingerprint density at radius 1 is 0.744 bits per heavy atom. The number of ether oxygens (including phenoxy) is 1. The number of nitrogens with zero attached hydrogens (tertiary/aromatic N) is 3. The average molecular weight is 567 g/mol. The number of aromatic nitrogens is 3. The van der Waals surface area contributed by atoms with Crippen LogP contribution in [0.15, 0.2) is 115 Å². The normalized spacial score (nSPS) is 10.8. The number of pyridine rings is 1. The summed E-state index contributed by atoms with van der Waals surface area (Å²) in [4.78, 5) is 47.1. The molecular weight excluding hydrogens is 540 g/mol. The number of methoxy groups -OCH3 is 1. The zero-order chi connectivity index (χ0) is 29.9. The predicted molar refractivity (Wildman–Crippen MR) is 165 cm³/mol. The molecule has 0 bridgehead atoms. The van der Waals surface area contributed by atoms with Crippen molar-refractivity contribution < 1.29 is 19.1 Å². The van der Waals surface area contributed by atoms with Crippen LogP contribution in [0.3, 0.4) is 0 Å². The molecule has 0 radical (unpaired) electrons. The summed E-state index contributed by atoms with van der Waals surface area (Å²) in [6, 6.07) is 33.8. The molecule has 0 aliphatic carbocycles. The number of rotatable bonds is 8. The van der Waals surface area contributed by atoms with E-state index in [-0.39, 0.29) is 16.8 Å². The van der Waals surface area contributed by atoms with Crippen molar-refractivity contribution in [3.05, 3.63) is 138 Å². The average Bonchev–Trinajstić information content (AvgIpc) is 3.40. The molecule has 6 rings (SSSR count). The Balaban J connectivity index is 1.63. The number of para-hydroxylation sites is 1. The van der Waals surface area contributed by atoms with E-state index in [0.717, 1.165) is 5.69 Å². The molecule has 2 heterocycles. The Labute approximate surface area is 247 Å². The van der Waals surface area contributed by atoms with Gasteiger partial charge in [-0.05, 0) is 43.3 Å². The van der Waals surface area contributed by atoms with Crippen molar-refractivity contribution in [3.63, 3.8) is 0 Å². The van der Waals surface area contributed by atoms with E-state index in [0.29, 0.717) is 39.3 Å². The van der Waals surface area contributed by atoms with Gasteiger partial charge in [-0.1, -0.05) is 78.9 Å². The number of ketones is 2. The van der Waals surface area contributed by atoms with E-state index in [1.165, 1.54) is 0 Å². The number of hydrogen-bond acceptors (Lipinski definition) is 6. The number of amides is 1. The monoisotopic (exact) mass is 566 g/mol. The van der Waals surface area contributed by atoms with Crippen molar-refractivity contribution in [1.82, 2.24) is 14.8 Å².